The maximum Gasteiger partial charge on any atom is 0.341 e. The van der Waals surface area contributed by atoms with Crippen molar-refractivity contribution < 1.29 is 33.5 Å². The van der Waals surface area contributed by atoms with E-state index in [1.807, 2.05) is 30.3 Å². The lowest BCUT2D eigenvalue weighted by Gasteiger charge is -2.21. The van der Waals surface area contributed by atoms with Crippen molar-refractivity contribution in [1.29, 1.82) is 0 Å². The predicted molar refractivity (Wildman–Crippen MR) is 148 cm³/mol. The van der Waals surface area contributed by atoms with Crippen LogP contribution in [0.25, 0.3) is 22.2 Å². The maximum absolute atomic E-state index is 14.8. The van der Waals surface area contributed by atoms with Gasteiger partial charge in [0, 0.05) is 18.7 Å². The van der Waals surface area contributed by atoms with Gasteiger partial charge in [0.05, 0.1) is 17.7 Å². The number of fused-ring (bicyclic) bond motifs is 2. The van der Waals surface area contributed by atoms with E-state index in [0.717, 1.165) is 11.6 Å². The third-order valence-electron chi connectivity index (χ3n) is 7.58. The van der Waals surface area contributed by atoms with Gasteiger partial charge in [-0.05, 0) is 41.2 Å². The summed E-state index contributed by atoms with van der Waals surface area (Å²) in [5.74, 6) is -3.51. The second-order valence-electron chi connectivity index (χ2n) is 10.2. The van der Waals surface area contributed by atoms with E-state index in [-0.39, 0.29) is 36.2 Å². The number of carboxylic acid groups (broad SMARTS) is 1. The molecule has 1 aromatic heterocycles. The number of esters is 1. The van der Waals surface area contributed by atoms with Gasteiger partial charge in [0.25, 0.3) is 0 Å². The number of nitro groups is 1. The Bertz CT molecular complexity index is 1850. The van der Waals surface area contributed by atoms with Gasteiger partial charge in [-0.25, -0.2) is 9.59 Å². The van der Waals surface area contributed by atoms with Crippen LogP contribution in [0.1, 0.15) is 52.0 Å². The molecule has 0 amide bonds. The number of pyridine rings is 1. The Kier molecular flexibility index (Phi) is 6.70. The van der Waals surface area contributed by atoms with Gasteiger partial charge in [-0.3, -0.25) is 20.2 Å². The number of ether oxygens (including phenoxy) is 2. The first-order chi connectivity index (χ1) is 20.2. The van der Waals surface area contributed by atoms with Crippen LogP contribution in [0.15, 0.2) is 59.4 Å². The Morgan fingerprint density at radius 2 is 1.90 bits per heavy atom. The summed E-state index contributed by atoms with van der Waals surface area (Å²) in [6.45, 7) is 0.379. The van der Waals surface area contributed by atoms with Crippen molar-refractivity contribution in [2.45, 2.75) is 38.1 Å². The number of hydrogen-bond donors (Lipinski definition) is 2. The zero-order valence-corrected chi connectivity index (χ0v) is 22.3. The predicted octanol–water partition coefficient (Wildman–Crippen LogP) is 4.65. The van der Waals surface area contributed by atoms with E-state index in [1.165, 1.54) is 7.11 Å². The number of carbonyl (C=O) groups excluding carboxylic acids is 1. The van der Waals surface area contributed by atoms with Gasteiger partial charge in [-0.15, -0.1) is 0 Å². The molecule has 2 N–H and O–H groups in total. The first-order valence-electron chi connectivity index (χ1n) is 13.1. The summed E-state index contributed by atoms with van der Waals surface area (Å²) < 4.78 is 27.2. The maximum atomic E-state index is 14.8. The zero-order chi connectivity index (χ0) is 29.7. The van der Waals surface area contributed by atoms with Crippen LogP contribution in [0.2, 0.25) is 0 Å². The molecule has 42 heavy (non-hydrogen) atoms. The van der Waals surface area contributed by atoms with Gasteiger partial charge in [-0.1, -0.05) is 42.5 Å². The summed E-state index contributed by atoms with van der Waals surface area (Å²) in [6.07, 6.45) is 1.22. The van der Waals surface area contributed by atoms with E-state index in [0.29, 0.717) is 29.5 Å². The number of aromatic carboxylic acids is 1. The van der Waals surface area contributed by atoms with Crippen molar-refractivity contribution >= 4 is 28.5 Å². The summed E-state index contributed by atoms with van der Waals surface area (Å²) in [7, 11) is 1.24. The molecule has 1 aliphatic heterocycles. The molecule has 1 fully saturated rings. The Hall–Kier alpha value is -5.10. The molecule has 0 spiro atoms. The Morgan fingerprint density at radius 3 is 2.55 bits per heavy atom. The van der Waals surface area contributed by atoms with Crippen molar-refractivity contribution in [2.75, 3.05) is 7.11 Å². The van der Waals surface area contributed by atoms with Crippen molar-refractivity contribution in [2.24, 2.45) is 0 Å². The van der Waals surface area contributed by atoms with Crippen LogP contribution in [-0.2, 0) is 22.7 Å². The standard InChI is InChI=1S/C30H24FN3O8/c1-41-21-12-20(31)26(34(39)40)22-27(21)33(18-8-9-18)25(23(28(22)35)29(36)37)16-7-10-19-17(11-16)13-32-24(19)30(38)42-14-15-5-3-2-4-6-15/h2-7,10-12,18,24,32H,8-9,13-14H2,1H3,(H,36,37). The van der Waals surface area contributed by atoms with Gasteiger partial charge < -0.3 is 19.1 Å². The number of halogens is 1. The average Bonchev–Trinajstić information content (AvgIpc) is 3.73. The molecule has 1 atom stereocenters. The van der Waals surface area contributed by atoms with E-state index in [4.69, 9.17) is 9.47 Å². The van der Waals surface area contributed by atoms with Crippen molar-refractivity contribution in [1.82, 2.24) is 9.88 Å². The molecule has 1 saturated carbocycles. The highest BCUT2D eigenvalue weighted by molar-refractivity contribution is 6.04. The number of methoxy groups -OCH3 is 1. The quantitative estimate of drug-likeness (QED) is 0.174. The Morgan fingerprint density at radius 1 is 1.17 bits per heavy atom. The number of rotatable bonds is 8. The van der Waals surface area contributed by atoms with Gasteiger partial charge in [0.15, 0.2) is 0 Å². The fourth-order valence-corrected chi connectivity index (χ4v) is 5.57. The van der Waals surface area contributed by atoms with E-state index < -0.39 is 50.8 Å². The molecule has 12 heteroatoms. The second kappa shape index (κ2) is 10.4. The van der Waals surface area contributed by atoms with Gasteiger partial charge in [-0.2, -0.15) is 4.39 Å². The summed E-state index contributed by atoms with van der Waals surface area (Å²) in [6, 6.07) is 14.0. The minimum atomic E-state index is -1.61. The van der Waals surface area contributed by atoms with Gasteiger partial charge in [0.1, 0.15) is 34.9 Å². The molecule has 1 unspecified atom stereocenters. The lowest BCUT2D eigenvalue weighted by atomic mass is 9.96. The third kappa shape index (κ3) is 4.45. The molecule has 3 aromatic carbocycles. The van der Waals surface area contributed by atoms with E-state index in [1.54, 1.807) is 22.8 Å². The number of nitrogens with zero attached hydrogens (tertiary/aromatic N) is 2. The van der Waals surface area contributed by atoms with Gasteiger partial charge in [0.2, 0.25) is 11.2 Å². The van der Waals surface area contributed by atoms with Crippen LogP contribution in [0.4, 0.5) is 10.1 Å². The molecule has 0 saturated heterocycles. The Balaban J connectivity index is 1.50. The van der Waals surface area contributed by atoms with Crippen LogP contribution in [0, 0.1) is 15.9 Å². The SMILES string of the molecule is COc1cc(F)c([N+](=O)[O-])c2c(=O)c(C(=O)O)c(-c3ccc4c(c3)CNC4C(=O)OCc3ccccc3)n(C3CC3)c12. The molecule has 2 aliphatic rings. The van der Waals surface area contributed by atoms with E-state index in [2.05, 4.69) is 5.32 Å². The lowest BCUT2D eigenvalue weighted by molar-refractivity contribution is -0.385. The molecule has 0 bridgehead atoms. The van der Waals surface area contributed by atoms with Crippen LogP contribution >= 0.6 is 0 Å². The molecule has 2 heterocycles. The van der Waals surface area contributed by atoms with Crippen LogP contribution in [-0.4, -0.2) is 33.6 Å². The number of hydrogen-bond acceptors (Lipinski definition) is 8. The molecule has 0 radical (unpaired) electrons. The molecule has 4 aromatic rings. The molecule has 6 rings (SSSR count). The van der Waals surface area contributed by atoms with Crippen molar-refractivity contribution in [3.8, 4) is 17.0 Å². The summed E-state index contributed by atoms with van der Waals surface area (Å²) in [5.41, 5.74) is -0.489. The normalized spacial score (nSPS) is 15.8. The first kappa shape index (κ1) is 27.1. The highest BCUT2D eigenvalue weighted by Gasteiger charge is 2.38. The molecule has 214 valence electrons. The van der Waals surface area contributed by atoms with Crippen molar-refractivity contribution in [3.63, 3.8) is 0 Å². The molecular weight excluding hydrogens is 549 g/mol. The minimum absolute atomic E-state index is 0.0274. The number of nitrogens with one attached hydrogen (secondary N) is 1. The number of benzene rings is 3. The number of nitro benzene ring substituents is 1. The van der Waals surface area contributed by atoms with Crippen LogP contribution in [0.5, 0.6) is 5.75 Å². The minimum Gasteiger partial charge on any atom is -0.494 e. The van der Waals surface area contributed by atoms with Crippen LogP contribution < -0.4 is 15.5 Å². The monoisotopic (exact) mass is 573 g/mol. The first-order valence-corrected chi connectivity index (χ1v) is 13.1. The number of aromatic nitrogens is 1. The fourth-order valence-electron chi connectivity index (χ4n) is 5.57. The highest BCUT2D eigenvalue weighted by Crippen LogP contribution is 2.46. The number of carbonyl (C=O) groups is 2. The zero-order valence-electron chi connectivity index (χ0n) is 22.3. The largest absolute Gasteiger partial charge is 0.494 e. The fraction of sp³-hybridized carbons (Fsp3) is 0.233. The third-order valence-corrected chi connectivity index (χ3v) is 7.58. The van der Waals surface area contributed by atoms with Gasteiger partial charge >= 0.3 is 17.6 Å². The molecule has 11 nitrogen and oxygen atoms in total. The average molecular weight is 574 g/mol. The number of carboxylic acids is 1. The second-order valence-corrected chi connectivity index (χ2v) is 10.2. The van der Waals surface area contributed by atoms with E-state index >= 15 is 0 Å². The smallest absolute Gasteiger partial charge is 0.341 e. The van der Waals surface area contributed by atoms with E-state index in [9.17, 15) is 34.0 Å². The molecular formula is C30H24FN3O8. The summed E-state index contributed by atoms with van der Waals surface area (Å²) in [5, 5.41) is 24.5. The summed E-state index contributed by atoms with van der Waals surface area (Å²) in [4.78, 5) is 49.9. The topological polar surface area (TPSA) is 150 Å². The lowest BCUT2D eigenvalue weighted by Crippen LogP contribution is -2.24. The van der Waals surface area contributed by atoms with Crippen molar-refractivity contribution in [3.05, 3.63) is 103 Å². The highest BCUT2D eigenvalue weighted by atomic mass is 19.1. The van der Waals surface area contributed by atoms with Crippen LogP contribution in [0.3, 0.4) is 0 Å². The summed E-state index contributed by atoms with van der Waals surface area (Å²) >= 11 is 0. The molecule has 1 aliphatic carbocycles. The Labute approximate surface area is 237 Å².